The topological polar surface area (TPSA) is 43.4 Å². The van der Waals surface area contributed by atoms with Crippen LogP contribution in [0.5, 0.6) is 0 Å². The van der Waals surface area contributed by atoms with Crippen LogP contribution in [-0.4, -0.2) is 30.2 Å². The van der Waals surface area contributed by atoms with Crippen molar-refractivity contribution in [2.24, 2.45) is 0 Å². The lowest BCUT2D eigenvalue weighted by atomic mass is 10.3. The molecule has 0 rings (SSSR count). The minimum absolute atomic E-state index is 0.0386. The second-order valence-corrected chi connectivity index (χ2v) is 2.49. The van der Waals surface area contributed by atoms with Gasteiger partial charge in [0.05, 0.1) is 0 Å². The van der Waals surface area contributed by atoms with E-state index in [0.717, 1.165) is 0 Å². The van der Waals surface area contributed by atoms with Gasteiger partial charge in [-0.3, -0.25) is 0 Å². The van der Waals surface area contributed by atoms with Crippen LogP contribution in [0.1, 0.15) is 6.92 Å². The molecule has 0 fully saturated rings. The van der Waals surface area contributed by atoms with Gasteiger partial charge in [-0.25, -0.2) is 18.4 Å². The molecule has 0 aromatic heterocycles. The lowest BCUT2D eigenvalue weighted by molar-refractivity contribution is -0.204. The first-order valence-corrected chi connectivity index (χ1v) is 3.30. The molecular formula is C6H4F6O3. The van der Waals surface area contributed by atoms with E-state index >= 15 is 0 Å². The van der Waals surface area contributed by atoms with Crippen LogP contribution in [0.15, 0.2) is 0 Å². The van der Waals surface area contributed by atoms with Gasteiger partial charge in [-0.1, -0.05) is 0 Å². The van der Waals surface area contributed by atoms with Crippen molar-refractivity contribution in [3.8, 4) is 0 Å². The number of carbonyl (C=O) groups excluding carboxylic acids is 2. The third-order valence-corrected chi connectivity index (χ3v) is 1.09. The molecule has 0 aromatic carbocycles. The molecular weight excluding hydrogens is 234 g/mol. The van der Waals surface area contributed by atoms with E-state index in [4.69, 9.17) is 0 Å². The Morgan fingerprint density at radius 2 is 1.47 bits per heavy atom. The number of rotatable bonds is 3. The highest BCUT2D eigenvalue weighted by molar-refractivity contribution is 5.92. The van der Waals surface area contributed by atoms with Gasteiger partial charge in [0.25, 0.3) is 0 Å². The van der Waals surface area contributed by atoms with Crippen molar-refractivity contribution < 1.29 is 40.7 Å². The molecule has 0 aliphatic carbocycles. The zero-order chi connectivity index (χ0) is 12.4. The SMILES string of the molecule is CC(F)(F)C(=O)OC(=O)C(F)(F)C(F)F. The van der Waals surface area contributed by atoms with Gasteiger partial charge >= 0.3 is 30.2 Å². The fourth-order valence-corrected chi connectivity index (χ4v) is 0.331. The molecule has 0 aromatic rings. The van der Waals surface area contributed by atoms with Crippen LogP contribution in [0.2, 0.25) is 0 Å². The van der Waals surface area contributed by atoms with Gasteiger partial charge in [0.15, 0.2) is 0 Å². The van der Waals surface area contributed by atoms with E-state index in [9.17, 15) is 35.9 Å². The first kappa shape index (κ1) is 13.7. The Bertz CT molecular complexity index is 269. The molecule has 0 spiro atoms. The maximum atomic E-state index is 12.1. The second kappa shape index (κ2) is 4.07. The second-order valence-electron chi connectivity index (χ2n) is 2.49. The highest BCUT2D eigenvalue weighted by Crippen LogP contribution is 2.25. The Balaban J connectivity index is 4.59. The molecule has 0 saturated carbocycles. The first-order valence-electron chi connectivity index (χ1n) is 3.30. The highest BCUT2D eigenvalue weighted by Gasteiger charge is 2.53. The molecule has 0 atom stereocenters. The van der Waals surface area contributed by atoms with Gasteiger partial charge in [0.1, 0.15) is 0 Å². The quantitative estimate of drug-likeness (QED) is 0.426. The molecule has 0 N–H and O–H groups in total. The molecule has 0 saturated heterocycles. The maximum Gasteiger partial charge on any atom is 0.402 e. The van der Waals surface area contributed by atoms with Gasteiger partial charge < -0.3 is 4.74 Å². The summed E-state index contributed by atoms with van der Waals surface area (Å²) in [6, 6.07) is 0. The van der Waals surface area contributed by atoms with Crippen molar-refractivity contribution in [3.63, 3.8) is 0 Å². The summed E-state index contributed by atoms with van der Waals surface area (Å²) in [5.74, 6) is -15.1. The number of alkyl halides is 6. The molecule has 15 heavy (non-hydrogen) atoms. The van der Waals surface area contributed by atoms with Gasteiger partial charge in [-0.15, -0.1) is 0 Å². The van der Waals surface area contributed by atoms with E-state index in [-0.39, 0.29) is 6.92 Å². The van der Waals surface area contributed by atoms with E-state index in [0.29, 0.717) is 0 Å². The van der Waals surface area contributed by atoms with Crippen molar-refractivity contribution in [2.75, 3.05) is 0 Å². The number of hydrogen-bond donors (Lipinski definition) is 0. The summed E-state index contributed by atoms with van der Waals surface area (Å²) in [4.78, 5) is 20.3. The molecule has 0 amide bonds. The summed E-state index contributed by atoms with van der Waals surface area (Å²) < 4.78 is 73.9. The molecule has 0 aliphatic heterocycles. The fraction of sp³-hybridized carbons (Fsp3) is 0.667. The third-order valence-electron chi connectivity index (χ3n) is 1.09. The van der Waals surface area contributed by atoms with Crippen LogP contribution in [0.25, 0.3) is 0 Å². The van der Waals surface area contributed by atoms with Gasteiger partial charge in [-0.05, 0) is 0 Å². The summed E-state index contributed by atoms with van der Waals surface area (Å²) in [6.07, 6.45) is -4.44. The van der Waals surface area contributed by atoms with E-state index < -0.39 is 30.2 Å². The Kier molecular flexibility index (Phi) is 3.72. The number of halogens is 6. The molecule has 9 heteroatoms. The van der Waals surface area contributed by atoms with Crippen molar-refractivity contribution in [1.29, 1.82) is 0 Å². The van der Waals surface area contributed by atoms with Crippen LogP contribution >= 0.6 is 0 Å². The summed E-state index contributed by atoms with van der Waals surface area (Å²) in [7, 11) is 0. The lowest BCUT2D eigenvalue weighted by Crippen LogP contribution is -2.42. The number of hydrogen-bond acceptors (Lipinski definition) is 3. The van der Waals surface area contributed by atoms with Gasteiger partial charge in [0.2, 0.25) is 0 Å². The van der Waals surface area contributed by atoms with Gasteiger partial charge in [0, 0.05) is 6.92 Å². The monoisotopic (exact) mass is 238 g/mol. The average molecular weight is 238 g/mol. The fourth-order valence-electron chi connectivity index (χ4n) is 0.331. The van der Waals surface area contributed by atoms with Crippen LogP contribution in [0.3, 0.4) is 0 Å². The summed E-state index contributed by atoms with van der Waals surface area (Å²) in [6.45, 7) is -0.0386. The largest absolute Gasteiger partial charge is 0.402 e. The minimum Gasteiger partial charge on any atom is -0.384 e. The molecule has 0 aliphatic rings. The van der Waals surface area contributed by atoms with Crippen molar-refractivity contribution in [2.45, 2.75) is 25.2 Å². The van der Waals surface area contributed by atoms with Crippen molar-refractivity contribution in [3.05, 3.63) is 0 Å². The summed E-state index contributed by atoms with van der Waals surface area (Å²) in [5, 5.41) is 0. The third kappa shape index (κ3) is 3.40. The molecule has 0 bridgehead atoms. The Morgan fingerprint density at radius 1 is 1.07 bits per heavy atom. The maximum absolute atomic E-state index is 12.1. The van der Waals surface area contributed by atoms with E-state index in [1.165, 1.54) is 0 Å². The van der Waals surface area contributed by atoms with E-state index in [1.54, 1.807) is 0 Å². The number of esters is 2. The summed E-state index contributed by atoms with van der Waals surface area (Å²) >= 11 is 0. The van der Waals surface area contributed by atoms with Crippen molar-refractivity contribution >= 4 is 11.9 Å². The molecule has 0 radical (unpaired) electrons. The number of ether oxygens (including phenoxy) is 1. The summed E-state index contributed by atoms with van der Waals surface area (Å²) in [5.41, 5.74) is 0. The van der Waals surface area contributed by atoms with Gasteiger partial charge in [-0.2, -0.15) is 17.6 Å². The van der Waals surface area contributed by atoms with Crippen molar-refractivity contribution in [1.82, 2.24) is 0 Å². The van der Waals surface area contributed by atoms with E-state index in [1.807, 2.05) is 0 Å². The Labute approximate surface area is 79.0 Å². The van der Waals surface area contributed by atoms with E-state index in [2.05, 4.69) is 4.74 Å². The molecule has 0 unspecified atom stereocenters. The zero-order valence-electron chi connectivity index (χ0n) is 7.07. The van der Waals surface area contributed by atoms with Crippen LogP contribution < -0.4 is 0 Å². The lowest BCUT2D eigenvalue weighted by Gasteiger charge is -2.14. The predicted octanol–water partition coefficient (Wildman–Crippen LogP) is 1.61. The standard InChI is InChI=1S/C6H4F6O3/c1-5(9,10)3(13)15-4(14)6(11,12)2(7)8/h2H,1H3. The molecule has 3 nitrogen and oxygen atoms in total. The molecule has 0 heterocycles. The van der Waals surface area contributed by atoms with Crippen LogP contribution in [-0.2, 0) is 14.3 Å². The number of carbonyl (C=O) groups is 2. The minimum atomic E-state index is -5.29. The smallest absolute Gasteiger partial charge is 0.384 e. The predicted molar refractivity (Wildman–Crippen MR) is 32.7 cm³/mol. The molecule has 88 valence electrons. The average Bonchev–Trinajstić information content (AvgIpc) is 2.01. The Morgan fingerprint density at radius 3 is 1.73 bits per heavy atom. The van der Waals surface area contributed by atoms with Crippen LogP contribution in [0, 0.1) is 0 Å². The zero-order valence-corrected chi connectivity index (χ0v) is 7.07. The van der Waals surface area contributed by atoms with Crippen LogP contribution in [0.4, 0.5) is 26.3 Å². The Hall–Kier alpha value is -1.28. The normalized spacial score (nSPS) is 12.8. The first-order chi connectivity index (χ1) is 6.49. The highest BCUT2D eigenvalue weighted by atomic mass is 19.3.